The van der Waals surface area contributed by atoms with Gasteiger partial charge in [-0.15, -0.1) is 6.58 Å². The molecule has 1 rings (SSSR count). The van der Waals surface area contributed by atoms with Crippen LogP contribution in [0.15, 0.2) is 37.2 Å². The van der Waals surface area contributed by atoms with Crippen LogP contribution in [0.3, 0.4) is 0 Å². The molecule has 0 amide bonds. The van der Waals surface area contributed by atoms with E-state index >= 15 is 0 Å². The zero-order valence-corrected chi connectivity index (χ0v) is 8.20. The fourth-order valence-electron chi connectivity index (χ4n) is 1.19. The van der Waals surface area contributed by atoms with Crippen LogP contribution < -0.4 is 5.32 Å². The zero-order valence-electron chi connectivity index (χ0n) is 8.20. The van der Waals surface area contributed by atoms with Gasteiger partial charge in [-0.25, -0.2) is 0 Å². The van der Waals surface area contributed by atoms with Gasteiger partial charge in [-0.1, -0.05) is 12.1 Å². The van der Waals surface area contributed by atoms with E-state index in [1.807, 2.05) is 18.3 Å². The van der Waals surface area contributed by atoms with E-state index in [1.54, 1.807) is 6.20 Å². The molecule has 0 radical (unpaired) electrons. The third-order valence-electron chi connectivity index (χ3n) is 2.05. The minimum atomic E-state index is 0.321. The highest BCUT2D eigenvalue weighted by atomic mass is 14.9. The molecule has 70 valence electrons. The molecule has 1 aromatic heterocycles. The Kier molecular flexibility index (Phi) is 3.65. The van der Waals surface area contributed by atoms with E-state index < -0.39 is 0 Å². The summed E-state index contributed by atoms with van der Waals surface area (Å²) in [6.45, 7) is 7.93. The highest BCUT2D eigenvalue weighted by molar-refractivity contribution is 5.13. The van der Waals surface area contributed by atoms with Crippen LogP contribution in [0.4, 0.5) is 0 Å². The number of rotatable bonds is 4. The lowest BCUT2D eigenvalue weighted by atomic mass is 10.1. The monoisotopic (exact) mass is 176 g/mol. The lowest BCUT2D eigenvalue weighted by Gasteiger charge is -2.16. The van der Waals surface area contributed by atoms with Crippen LogP contribution in [0.2, 0.25) is 0 Å². The van der Waals surface area contributed by atoms with Crippen LogP contribution in [-0.4, -0.2) is 11.0 Å². The summed E-state index contributed by atoms with van der Waals surface area (Å²) in [5, 5.41) is 3.39. The maximum atomic E-state index is 4.07. The summed E-state index contributed by atoms with van der Waals surface area (Å²) in [5.41, 5.74) is 1.20. The Bertz CT molecular complexity index is 256. The Balaban J connectivity index is 2.58. The molecule has 0 aliphatic heterocycles. The van der Waals surface area contributed by atoms with Crippen LogP contribution in [0.1, 0.15) is 25.5 Å². The molecule has 0 saturated carbocycles. The summed E-state index contributed by atoms with van der Waals surface area (Å²) >= 11 is 0. The van der Waals surface area contributed by atoms with Crippen molar-refractivity contribution in [1.29, 1.82) is 0 Å². The number of nitrogens with zero attached hydrogens (tertiary/aromatic N) is 1. The maximum absolute atomic E-state index is 4.07. The second kappa shape index (κ2) is 4.77. The first kappa shape index (κ1) is 9.93. The fourth-order valence-corrected chi connectivity index (χ4v) is 1.19. The molecule has 0 aliphatic carbocycles. The van der Waals surface area contributed by atoms with Gasteiger partial charge < -0.3 is 5.32 Å². The third kappa shape index (κ3) is 2.99. The average molecular weight is 176 g/mol. The number of hydrogen-bond acceptors (Lipinski definition) is 2. The summed E-state index contributed by atoms with van der Waals surface area (Å²) in [7, 11) is 0. The van der Waals surface area contributed by atoms with Crippen molar-refractivity contribution in [2.75, 3.05) is 0 Å². The molecule has 0 spiro atoms. The lowest BCUT2D eigenvalue weighted by molar-refractivity contribution is 0.536. The van der Waals surface area contributed by atoms with Crippen molar-refractivity contribution < 1.29 is 0 Å². The fraction of sp³-hybridized carbons (Fsp3) is 0.364. The van der Waals surface area contributed by atoms with Gasteiger partial charge >= 0.3 is 0 Å². The third-order valence-corrected chi connectivity index (χ3v) is 2.05. The molecule has 2 atom stereocenters. The first-order chi connectivity index (χ1) is 6.24. The van der Waals surface area contributed by atoms with Crippen LogP contribution >= 0.6 is 0 Å². The standard InChI is InChI=1S/C11H16N2/c1-4-9(2)13-10(3)11-6-5-7-12-8-11/h4-10,13H,1H2,2-3H3. The summed E-state index contributed by atoms with van der Waals surface area (Å²) in [6.07, 6.45) is 5.56. The Morgan fingerprint density at radius 2 is 2.31 bits per heavy atom. The van der Waals surface area contributed by atoms with Crippen LogP contribution in [-0.2, 0) is 0 Å². The van der Waals surface area contributed by atoms with Crippen molar-refractivity contribution in [2.45, 2.75) is 25.9 Å². The highest BCUT2D eigenvalue weighted by Crippen LogP contribution is 2.10. The van der Waals surface area contributed by atoms with Crippen LogP contribution in [0.5, 0.6) is 0 Å². The second-order valence-corrected chi connectivity index (χ2v) is 3.20. The second-order valence-electron chi connectivity index (χ2n) is 3.20. The van der Waals surface area contributed by atoms with Gasteiger partial charge in [0.25, 0.3) is 0 Å². The van der Waals surface area contributed by atoms with Crippen molar-refractivity contribution in [1.82, 2.24) is 10.3 Å². The SMILES string of the molecule is C=CC(C)NC(C)c1cccnc1. The summed E-state index contributed by atoms with van der Waals surface area (Å²) < 4.78 is 0. The van der Waals surface area contributed by atoms with Crippen LogP contribution in [0, 0.1) is 0 Å². The van der Waals surface area contributed by atoms with Crippen molar-refractivity contribution >= 4 is 0 Å². The molecule has 0 fully saturated rings. The molecule has 0 aliphatic rings. The van der Waals surface area contributed by atoms with Gasteiger partial charge in [-0.05, 0) is 25.5 Å². The van der Waals surface area contributed by atoms with Gasteiger partial charge in [0, 0.05) is 24.5 Å². The van der Waals surface area contributed by atoms with Gasteiger partial charge in [-0.3, -0.25) is 4.98 Å². The Labute approximate surface area is 79.7 Å². The average Bonchev–Trinajstić information content (AvgIpc) is 2.19. The maximum Gasteiger partial charge on any atom is 0.0315 e. The Hall–Kier alpha value is -1.15. The largest absolute Gasteiger partial charge is 0.304 e. The van der Waals surface area contributed by atoms with Gasteiger partial charge in [0.15, 0.2) is 0 Å². The van der Waals surface area contributed by atoms with Crippen molar-refractivity contribution in [3.05, 3.63) is 42.7 Å². The molecule has 2 heteroatoms. The smallest absolute Gasteiger partial charge is 0.0315 e. The molecule has 0 saturated heterocycles. The molecule has 1 aromatic rings. The molecule has 1 N–H and O–H groups in total. The van der Waals surface area contributed by atoms with E-state index in [0.717, 1.165) is 0 Å². The molecule has 2 unspecified atom stereocenters. The van der Waals surface area contributed by atoms with Crippen molar-refractivity contribution in [3.8, 4) is 0 Å². The molecule has 1 heterocycles. The summed E-state index contributed by atoms with van der Waals surface area (Å²) in [6, 6.07) is 4.67. The van der Waals surface area contributed by atoms with E-state index in [2.05, 4.69) is 36.8 Å². The van der Waals surface area contributed by atoms with Gasteiger partial charge in [-0.2, -0.15) is 0 Å². The van der Waals surface area contributed by atoms with Gasteiger partial charge in [0.2, 0.25) is 0 Å². The molecule has 2 nitrogen and oxygen atoms in total. The molecule has 0 aromatic carbocycles. The highest BCUT2D eigenvalue weighted by Gasteiger charge is 2.05. The normalized spacial score (nSPS) is 14.9. The predicted molar refractivity (Wildman–Crippen MR) is 55.4 cm³/mol. The zero-order chi connectivity index (χ0) is 9.68. The number of aromatic nitrogens is 1. The molecular weight excluding hydrogens is 160 g/mol. The Morgan fingerprint density at radius 3 is 2.85 bits per heavy atom. The van der Waals surface area contributed by atoms with Crippen molar-refractivity contribution in [3.63, 3.8) is 0 Å². The number of hydrogen-bond donors (Lipinski definition) is 1. The number of nitrogens with one attached hydrogen (secondary N) is 1. The summed E-state index contributed by atoms with van der Waals surface area (Å²) in [5.74, 6) is 0. The molecular formula is C11H16N2. The first-order valence-electron chi connectivity index (χ1n) is 4.52. The van der Waals surface area contributed by atoms with E-state index in [9.17, 15) is 0 Å². The summed E-state index contributed by atoms with van der Waals surface area (Å²) in [4.78, 5) is 4.07. The van der Waals surface area contributed by atoms with E-state index in [1.165, 1.54) is 5.56 Å². The van der Waals surface area contributed by atoms with E-state index in [-0.39, 0.29) is 0 Å². The predicted octanol–water partition coefficient (Wildman–Crippen LogP) is 2.31. The van der Waals surface area contributed by atoms with Gasteiger partial charge in [0.05, 0.1) is 0 Å². The minimum absolute atomic E-state index is 0.321. The van der Waals surface area contributed by atoms with Crippen LogP contribution in [0.25, 0.3) is 0 Å². The Morgan fingerprint density at radius 1 is 1.54 bits per heavy atom. The lowest BCUT2D eigenvalue weighted by Crippen LogP contribution is -2.26. The van der Waals surface area contributed by atoms with Crippen molar-refractivity contribution in [2.24, 2.45) is 0 Å². The first-order valence-corrected chi connectivity index (χ1v) is 4.52. The van der Waals surface area contributed by atoms with E-state index in [0.29, 0.717) is 12.1 Å². The topological polar surface area (TPSA) is 24.9 Å². The quantitative estimate of drug-likeness (QED) is 0.712. The number of pyridine rings is 1. The molecule has 0 bridgehead atoms. The molecule has 13 heavy (non-hydrogen) atoms. The van der Waals surface area contributed by atoms with E-state index in [4.69, 9.17) is 0 Å². The van der Waals surface area contributed by atoms with Gasteiger partial charge in [0.1, 0.15) is 0 Å². The minimum Gasteiger partial charge on any atom is -0.304 e.